The van der Waals surface area contributed by atoms with Crippen molar-refractivity contribution in [3.05, 3.63) is 83.4 Å². The summed E-state index contributed by atoms with van der Waals surface area (Å²) in [5.41, 5.74) is 4.08. The molecule has 0 bridgehead atoms. The first-order chi connectivity index (χ1) is 11.4. The molecule has 0 aliphatic heterocycles. The highest BCUT2D eigenvalue weighted by Crippen LogP contribution is 2.18. The Morgan fingerprint density at radius 1 is 0.739 bits per heavy atom. The Kier molecular flexibility index (Phi) is 5.41. The summed E-state index contributed by atoms with van der Waals surface area (Å²) in [7, 11) is 1.97. The molecule has 0 unspecified atom stereocenters. The minimum absolute atomic E-state index is 0.921. The predicted octanol–water partition coefficient (Wildman–Crippen LogP) is 3.89. The lowest BCUT2D eigenvalue weighted by Gasteiger charge is -2.09. The predicted molar refractivity (Wildman–Crippen MR) is 98.6 cm³/mol. The highest BCUT2D eigenvalue weighted by atomic mass is 14.8. The topological polar surface area (TPSA) is 24.1 Å². The van der Waals surface area contributed by atoms with Gasteiger partial charge in [0.05, 0.1) is 0 Å². The molecule has 118 valence electrons. The van der Waals surface area contributed by atoms with E-state index in [-0.39, 0.29) is 0 Å². The van der Waals surface area contributed by atoms with Crippen molar-refractivity contribution in [3.8, 4) is 0 Å². The van der Waals surface area contributed by atoms with Crippen LogP contribution in [0.4, 0.5) is 0 Å². The molecule has 0 aliphatic rings. The van der Waals surface area contributed by atoms with Crippen molar-refractivity contribution in [3.63, 3.8) is 0 Å². The number of hydrogen-bond donors (Lipinski definition) is 2. The molecular formula is C21H24N2. The molecule has 0 saturated carbocycles. The van der Waals surface area contributed by atoms with Gasteiger partial charge in [-0.15, -0.1) is 0 Å². The number of hydrogen-bond acceptors (Lipinski definition) is 2. The van der Waals surface area contributed by atoms with Gasteiger partial charge >= 0.3 is 0 Å². The molecule has 0 aromatic heterocycles. The fourth-order valence-corrected chi connectivity index (χ4v) is 2.95. The molecule has 0 atom stereocenters. The van der Waals surface area contributed by atoms with Crippen LogP contribution in [-0.4, -0.2) is 13.6 Å². The summed E-state index contributed by atoms with van der Waals surface area (Å²) >= 11 is 0. The average Bonchev–Trinajstić information content (AvgIpc) is 2.60. The molecule has 0 saturated heterocycles. The molecule has 3 aromatic carbocycles. The second-order valence-corrected chi connectivity index (χ2v) is 5.91. The van der Waals surface area contributed by atoms with Gasteiger partial charge in [-0.05, 0) is 47.5 Å². The Hall–Kier alpha value is -2.16. The van der Waals surface area contributed by atoms with E-state index in [1.54, 1.807) is 0 Å². The average molecular weight is 304 g/mol. The van der Waals surface area contributed by atoms with Crippen LogP contribution in [0, 0.1) is 0 Å². The highest BCUT2D eigenvalue weighted by Gasteiger charge is 2.00. The van der Waals surface area contributed by atoms with Crippen molar-refractivity contribution in [1.82, 2.24) is 10.6 Å². The molecule has 0 aliphatic carbocycles. The number of benzene rings is 3. The van der Waals surface area contributed by atoms with Crippen molar-refractivity contribution in [2.45, 2.75) is 19.5 Å². The van der Waals surface area contributed by atoms with Crippen LogP contribution in [0.15, 0.2) is 66.7 Å². The Labute approximate surface area is 138 Å². The van der Waals surface area contributed by atoms with Crippen molar-refractivity contribution < 1.29 is 0 Å². The standard InChI is InChI=1S/C21H24N2/c1-22-15-17-9-11-18(12-10-17)16-23-14-13-20-7-4-6-19-5-2-3-8-21(19)20/h2-12,22-23H,13-16H2,1H3. The Bertz CT molecular complexity index is 742. The van der Waals surface area contributed by atoms with Crippen LogP contribution in [0.3, 0.4) is 0 Å². The van der Waals surface area contributed by atoms with E-state index in [4.69, 9.17) is 0 Å². The lowest BCUT2D eigenvalue weighted by molar-refractivity contribution is 0.688. The molecule has 0 fully saturated rings. The molecule has 3 rings (SSSR count). The van der Waals surface area contributed by atoms with Gasteiger partial charge in [-0.25, -0.2) is 0 Å². The monoisotopic (exact) mass is 304 g/mol. The van der Waals surface area contributed by atoms with E-state index in [9.17, 15) is 0 Å². The van der Waals surface area contributed by atoms with Gasteiger partial charge in [-0.1, -0.05) is 66.7 Å². The normalized spacial score (nSPS) is 11.0. The lowest BCUT2D eigenvalue weighted by Crippen LogP contribution is -2.16. The maximum Gasteiger partial charge on any atom is 0.0205 e. The fraction of sp³-hybridized carbons (Fsp3) is 0.238. The molecule has 0 spiro atoms. The SMILES string of the molecule is CNCc1ccc(CNCCc2cccc3ccccc23)cc1. The summed E-state index contributed by atoms with van der Waals surface area (Å²) in [5, 5.41) is 9.42. The van der Waals surface area contributed by atoms with Gasteiger partial charge in [0.2, 0.25) is 0 Å². The minimum atomic E-state index is 0.921. The van der Waals surface area contributed by atoms with Crippen molar-refractivity contribution in [2.75, 3.05) is 13.6 Å². The first-order valence-corrected chi connectivity index (χ1v) is 8.26. The van der Waals surface area contributed by atoms with Gasteiger partial charge in [0.25, 0.3) is 0 Å². The van der Waals surface area contributed by atoms with E-state index in [0.717, 1.165) is 26.1 Å². The summed E-state index contributed by atoms with van der Waals surface area (Å²) in [6.45, 7) is 2.84. The summed E-state index contributed by atoms with van der Waals surface area (Å²) in [5.74, 6) is 0. The van der Waals surface area contributed by atoms with Crippen LogP contribution in [0.25, 0.3) is 10.8 Å². The fourth-order valence-electron chi connectivity index (χ4n) is 2.95. The summed E-state index contributed by atoms with van der Waals surface area (Å²) in [6.07, 6.45) is 1.05. The maximum absolute atomic E-state index is 3.55. The van der Waals surface area contributed by atoms with E-state index in [1.165, 1.54) is 27.5 Å². The van der Waals surface area contributed by atoms with Crippen molar-refractivity contribution in [1.29, 1.82) is 0 Å². The van der Waals surface area contributed by atoms with E-state index in [0.29, 0.717) is 0 Å². The Morgan fingerprint density at radius 3 is 2.22 bits per heavy atom. The second kappa shape index (κ2) is 7.91. The third-order valence-electron chi connectivity index (χ3n) is 4.18. The van der Waals surface area contributed by atoms with Gasteiger partial charge < -0.3 is 10.6 Å². The zero-order valence-electron chi connectivity index (χ0n) is 13.7. The van der Waals surface area contributed by atoms with Gasteiger partial charge in [-0.2, -0.15) is 0 Å². The van der Waals surface area contributed by atoms with Gasteiger partial charge in [0.1, 0.15) is 0 Å². The van der Waals surface area contributed by atoms with Gasteiger partial charge in [-0.3, -0.25) is 0 Å². The van der Waals surface area contributed by atoms with Crippen LogP contribution in [0.5, 0.6) is 0 Å². The quantitative estimate of drug-likeness (QED) is 0.647. The first kappa shape index (κ1) is 15.7. The highest BCUT2D eigenvalue weighted by molar-refractivity contribution is 5.85. The molecule has 3 aromatic rings. The summed E-state index contributed by atoms with van der Waals surface area (Å²) in [6, 6.07) is 24.0. The summed E-state index contributed by atoms with van der Waals surface area (Å²) in [4.78, 5) is 0. The van der Waals surface area contributed by atoms with E-state index in [1.807, 2.05) is 7.05 Å². The number of rotatable bonds is 7. The molecule has 2 nitrogen and oxygen atoms in total. The third-order valence-corrected chi connectivity index (χ3v) is 4.18. The Morgan fingerprint density at radius 2 is 1.43 bits per heavy atom. The van der Waals surface area contributed by atoms with E-state index >= 15 is 0 Å². The smallest absolute Gasteiger partial charge is 0.0205 e. The molecule has 0 radical (unpaired) electrons. The minimum Gasteiger partial charge on any atom is -0.316 e. The van der Waals surface area contributed by atoms with Gasteiger partial charge in [0, 0.05) is 13.1 Å². The molecule has 0 heterocycles. The maximum atomic E-state index is 3.55. The zero-order valence-corrected chi connectivity index (χ0v) is 13.7. The zero-order chi connectivity index (χ0) is 15.9. The van der Waals surface area contributed by atoms with E-state index < -0.39 is 0 Å². The first-order valence-electron chi connectivity index (χ1n) is 8.26. The van der Waals surface area contributed by atoms with Gasteiger partial charge in [0.15, 0.2) is 0 Å². The third kappa shape index (κ3) is 4.19. The van der Waals surface area contributed by atoms with Crippen LogP contribution in [0.2, 0.25) is 0 Å². The largest absolute Gasteiger partial charge is 0.316 e. The number of nitrogens with one attached hydrogen (secondary N) is 2. The molecule has 0 amide bonds. The molecule has 2 N–H and O–H groups in total. The Balaban J connectivity index is 1.53. The molecule has 2 heteroatoms. The van der Waals surface area contributed by atoms with Crippen LogP contribution in [-0.2, 0) is 19.5 Å². The van der Waals surface area contributed by atoms with Crippen LogP contribution in [0.1, 0.15) is 16.7 Å². The van der Waals surface area contributed by atoms with E-state index in [2.05, 4.69) is 77.4 Å². The lowest BCUT2D eigenvalue weighted by atomic mass is 10.0. The second-order valence-electron chi connectivity index (χ2n) is 5.91. The van der Waals surface area contributed by atoms with Crippen molar-refractivity contribution in [2.24, 2.45) is 0 Å². The van der Waals surface area contributed by atoms with Crippen molar-refractivity contribution >= 4 is 10.8 Å². The van der Waals surface area contributed by atoms with Crippen LogP contribution < -0.4 is 10.6 Å². The van der Waals surface area contributed by atoms with Crippen LogP contribution >= 0.6 is 0 Å². The molecule has 23 heavy (non-hydrogen) atoms. The summed E-state index contributed by atoms with van der Waals surface area (Å²) < 4.78 is 0. The molecular weight excluding hydrogens is 280 g/mol. The number of fused-ring (bicyclic) bond motifs is 1.